The molecular weight excluding hydrogens is 310 g/mol. The molecule has 0 bridgehead atoms. The fourth-order valence-corrected chi connectivity index (χ4v) is 3.44. The molecular formula is C21H23N3O. The zero-order valence-corrected chi connectivity index (χ0v) is 14.6. The summed E-state index contributed by atoms with van der Waals surface area (Å²) in [6, 6.07) is 16.8. The summed E-state index contributed by atoms with van der Waals surface area (Å²) in [5.41, 5.74) is 6.02. The van der Waals surface area contributed by atoms with Crippen LogP contribution in [0.4, 0.5) is 4.79 Å². The topological polar surface area (TPSA) is 56.9 Å². The van der Waals surface area contributed by atoms with Crippen molar-refractivity contribution in [3.63, 3.8) is 0 Å². The standard InChI is InChI=1S/C21H23N3O/c1-13-14(2)23-19-9-8-15(10-17(13)19)12-22-21(25)24-20-11-18(20)16-6-4-3-5-7-16/h3-10,18,20,23H,11-12H2,1-2H3,(H2,22,24,25)/t18-,20+/m1/s1. The average Bonchev–Trinajstić information content (AvgIpc) is 3.33. The minimum Gasteiger partial charge on any atom is -0.358 e. The maximum absolute atomic E-state index is 12.1. The third kappa shape index (κ3) is 3.25. The lowest BCUT2D eigenvalue weighted by Crippen LogP contribution is -2.36. The van der Waals surface area contributed by atoms with Crippen LogP contribution < -0.4 is 10.6 Å². The van der Waals surface area contributed by atoms with E-state index in [1.54, 1.807) is 0 Å². The molecule has 1 saturated carbocycles. The van der Waals surface area contributed by atoms with Gasteiger partial charge in [0, 0.05) is 35.1 Å². The summed E-state index contributed by atoms with van der Waals surface area (Å²) in [7, 11) is 0. The Morgan fingerprint density at radius 3 is 2.76 bits per heavy atom. The van der Waals surface area contributed by atoms with Crippen molar-refractivity contribution in [3.05, 3.63) is 70.9 Å². The molecule has 0 radical (unpaired) electrons. The van der Waals surface area contributed by atoms with Gasteiger partial charge >= 0.3 is 6.03 Å². The highest BCUT2D eigenvalue weighted by Gasteiger charge is 2.39. The molecule has 0 spiro atoms. The smallest absolute Gasteiger partial charge is 0.315 e. The Morgan fingerprint density at radius 1 is 1.16 bits per heavy atom. The number of nitrogens with one attached hydrogen (secondary N) is 3. The summed E-state index contributed by atoms with van der Waals surface area (Å²) in [5.74, 6) is 0.453. The van der Waals surface area contributed by atoms with Crippen molar-refractivity contribution in [3.8, 4) is 0 Å². The predicted octanol–water partition coefficient (Wildman–Crippen LogP) is 4.14. The molecule has 4 heteroatoms. The first-order valence-corrected chi connectivity index (χ1v) is 8.79. The van der Waals surface area contributed by atoms with Gasteiger partial charge in [-0.05, 0) is 49.1 Å². The first kappa shape index (κ1) is 15.8. The van der Waals surface area contributed by atoms with Gasteiger partial charge in [0.2, 0.25) is 0 Å². The molecule has 0 unspecified atom stereocenters. The van der Waals surface area contributed by atoms with E-state index in [0.29, 0.717) is 12.5 Å². The molecule has 128 valence electrons. The van der Waals surface area contributed by atoms with Crippen LogP contribution in [0, 0.1) is 13.8 Å². The molecule has 4 rings (SSSR count). The number of aryl methyl sites for hydroxylation is 2. The Balaban J connectivity index is 1.33. The van der Waals surface area contributed by atoms with Crippen molar-refractivity contribution in [2.75, 3.05) is 0 Å². The molecule has 2 atom stereocenters. The predicted molar refractivity (Wildman–Crippen MR) is 101 cm³/mol. The van der Waals surface area contributed by atoms with Gasteiger partial charge in [-0.15, -0.1) is 0 Å². The average molecular weight is 333 g/mol. The van der Waals surface area contributed by atoms with Crippen LogP contribution in [0.15, 0.2) is 48.5 Å². The van der Waals surface area contributed by atoms with E-state index in [1.807, 2.05) is 18.2 Å². The molecule has 2 amide bonds. The van der Waals surface area contributed by atoms with E-state index < -0.39 is 0 Å². The highest BCUT2D eigenvalue weighted by molar-refractivity contribution is 5.85. The summed E-state index contributed by atoms with van der Waals surface area (Å²) in [4.78, 5) is 15.5. The highest BCUT2D eigenvalue weighted by Crippen LogP contribution is 2.40. The summed E-state index contributed by atoms with van der Waals surface area (Å²) >= 11 is 0. The van der Waals surface area contributed by atoms with Crippen LogP contribution in [-0.2, 0) is 6.54 Å². The number of aromatic nitrogens is 1. The lowest BCUT2D eigenvalue weighted by molar-refractivity contribution is 0.240. The van der Waals surface area contributed by atoms with Gasteiger partial charge < -0.3 is 15.6 Å². The van der Waals surface area contributed by atoms with Gasteiger partial charge in [-0.1, -0.05) is 36.4 Å². The molecule has 0 saturated heterocycles. The molecule has 0 aliphatic heterocycles. The van der Waals surface area contributed by atoms with E-state index in [0.717, 1.165) is 17.5 Å². The minimum atomic E-state index is -0.0921. The fourth-order valence-electron chi connectivity index (χ4n) is 3.44. The Hall–Kier alpha value is -2.75. The lowest BCUT2D eigenvalue weighted by Gasteiger charge is -2.08. The molecule has 4 nitrogen and oxygen atoms in total. The normalized spacial score (nSPS) is 19.0. The molecule has 1 aromatic heterocycles. The van der Waals surface area contributed by atoms with Crippen molar-refractivity contribution >= 4 is 16.9 Å². The summed E-state index contributed by atoms with van der Waals surface area (Å²) in [5, 5.41) is 7.27. The molecule has 3 aromatic rings. The minimum absolute atomic E-state index is 0.0921. The SMILES string of the molecule is Cc1[nH]c2ccc(CNC(=O)N[C@H]3C[C@@H]3c3ccccc3)cc2c1C. The van der Waals surface area contributed by atoms with Crippen molar-refractivity contribution in [2.24, 2.45) is 0 Å². The van der Waals surface area contributed by atoms with Gasteiger partial charge in [0.05, 0.1) is 0 Å². The first-order valence-electron chi connectivity index (χ1n) is 8.79. The van der Waals surface area contributed by atoms with Crippen molar-refractivity contribution in [1.29, 1.82) is 0 Å². The number of benzene rings is 2. The first-order chi connectivity index (χ1) is 12.1. The Bertz CT molecular complexity index is 914. The van der Waals surface area contributed by atoms with E-state index in [2.05, 4.69) is 59.8 Å². The number of carbonyl (C=O) groups excluding carboxylic acids is 1. The van der Waals surface area contributed by atoms with Crippen molar-refractivity contribution in [2.45, 2.75) is 38.8 Å². The maximum Gasteiger partial charge on any atom is 0.315 e. The molecule has 1 aliphatic carbocycles. The van der Waals surface area contributed by atoms with Crippen LogP contribution >= 0.6 is 0 Å². The Labute approximate surface area is 147 Å². The second-order valence-corrected chi connectivity index (χ2v) is 6.94. The Morgan fingerprint density at radius 2 is 1.96 bits per heavy atom. The number of carbonyl (C=O) groups is 1. The van der Waals surface area contributed by atoms with E-state index in [-0.39, 0.29) is 12.1 Å². The molecule has 1 fully saturated rings. The quantitative estimate of drug-likeness (QED) is 0.660. The van der Waals surface area contributed by atoms with E-state index >= 15 is 0 Å². The number of rotatable bonds is 4. The van der Waals surface area contributed by atoms with Crippen LogP contribution in [0.1, 0.15) is 34.7 Å². The van der Waals surface area contributed by atoms with Gasteiger partial charge in [0.1, 0.15) is 0 Å². The van der Waals surface area contributed by atoms with Crippen molar-refractivity contribution in [1.82, 2.24) is 15.6 Å². The van der Waals surface area contributed by atoms with Gasteiger partial charge in [0.15, 0.2) is 0 Å². The summed E-state index contributed by atoms with van der Waals surface area (Å²) in [6.07, 6.45) is 1.02. The summed E-state index contributed by atoms with van der Waals surface area (Å²) < 4.78 is 0. The van der Waals surface area contributed by atoms with Gasteiger partial charge in [-0.25, -0.2) is 4.79 Å². The molecule has 25 heavy (non-hydrogen) atoms. The molecule has 3 N–H and O–H groups in total. The van der Waals surface area contributed by atoms with Crippen molar-refractivity contribution < 1.29 is 4.79 Å². The van der Waals surface area contributed by atoms with Crippen LogP contribution in [-0.4, -0.2) is 17.1 Å². The van der Waals surface area contributed by atoms with E-state index in [1.165, 1.54) is 22.2 Å². The number of hydrogen-bond acceptors (Lipinski definition) is 1. The Kier molecular flexibility index (Phi) is 3.96. The number of fused-ring (bicyclic) bond motifs is 1. The zero-order chi connectivity index (χ0) is 17.4. The number of hydrogen-bond donors (Lipinski definition) is 3. The van der Waals surface area contributed by atoms with Crippen LogP contribution in [0.3, 0.4) is 0 Å². The lowest BCUT2D eigenvalue weighted by atomic mass is 10.1. The van der Waals surface area contributed by atoms with E-state index in [9.17, 15) is 4.79 Å². The second kappa shape index (κ2) is 6.28. The van der Waals surface area contributed by atoms with Crippen LogP contribution in [0.25, 0.3) is 10.9 Å². The fraction of sp³-hybridized carbons (Fsp3) is 0.286. The largest absolute Gasteiger partial charge is 0.358 e. The number of urea groups is 1. The van der Waals surface area contributed by atoms with Gasteiger partial charge in [-0.3, -0.25) is 0 Å². The maximum atomic E-state index is 12.1. The van der Waals surface area contributed by atoms with E-state index in [4.69, 9.17) is 0 Å². The number of aromatic amines is 1. The van der Waals surface area contributed by atoms with Crippen LogP contribution in [0.2, 0.25) is 0 Å². The monoisotopic (exact) mass is 333 g/mol. The highest BCUT2D eigenvalue weighted by atomic mass is 16.2. The molecule has 2 aromatic carbocycles. The van der Waals surface area contributed by atoms with Gasteiger partial charge in [-0.2, -0.15) is 0 Å². The third-order valence-corrected chi connectivity index (χ3v) is 5.16. The summed E-state index contributed by atoms with van der Waals surface area (Å²) in [6.45, 7) is 4.74. The number of H-pyrrole nitrogens is 1. The van der Waals surface area contributed by atoms with Crippen LogP contribution in [0.5, 0.6) is 0 Å². The van der Waals surface area contributed by atoms with Gasteiger partial charge in [0.25, 0.3) is 0 Å². The molecule has 1 heterocycles. The number of amides is 2. The molecule has 1 aliphatic rings. The third-order valence-electron chi connectivity index (χ3n) is 5.16. The zero-order valence-electron chi connectivity index (χ0n) is 14.6. The second-order valence-electron chi connectivity index (χ2n) is 6.94.